The fourth-order valence-electron chi connectivity index (χ4n) is 0.569. The molecule has 0 amide bonds. The van der Waals surface area contributed by atoms with Gasteiger partial charge >= 0.3 is 0 Å². The van der Waals surface area contributed by atoms with Crippen LogP contribution in [0.4, 0.5) is 0 Å². The predicted molar refractivity (Wildman–Crippen MR) is 34.4 cm³/mol. The van der Waals surface area contributed by atoms with Crippen molar-refractivity contribution in [2.75, 3.05) is 13.2 Å². The van der Waals surface area contributed by atoms with Crippen molar-refractivity contribution in [1.82, 2.24) is 0 Å². The van der Waals surface area contributed by atoms with Gasteiger partial charge in [-0.05, 0) is 6.42 Å². The molecule has 3 N–H and O–H groups in total. The highest BCUT2D eigenvalue weighted by molar-refractivity contribution is 4.73. The van der Waals surface area contributed by atoms with Gasteiger partial charge in [0.05, 0.1) is 6.61 Å². The van der Waals surface area contributed by atoms with Crippen LogP contribution < -0.4 is 0 Å². The molecule has 2 atom stereocenters. The molecule has 5 heteroatoms. The minimum absolute atomic E-state index is 0.0885. The summed E-state index contributed by atoms with van der Waals surface area (Å²) in [6, 6.07) is -0.894. The summed E-state index contributed by atoms with van der Waals surface area (Å²) in [4.78, 5) is 9.86. The van der Waals surface area contributed by atoms with Crippen LogP contribution in [0.1, 0.15) is 6.42 Å². The van der Waals surface area contributed by atoms with Crippen molar-refractivity contribution >= 4 is 0 Å². The molecule has 0 heterocycles. The first-order chi connectivity index (χ1) is 4.76. The van der Waals surface area contributed by atoms with E-state index in [0.29, 0.717) is 0 Å². The zero-order valence-corrected chi connectivity index (χ0v) is 5.47. The molecule has 5 nitrogen and oxygen atoms in total. The van der Waals surface area contributed by atoms with E-state index in [9.17, 15) is 4.91 Å². The molecule has 60 valence electrons. The molecule has 2 unspecified atom stereocenters. The summed E-state index contributed by atoms with van der Waals surface area (Å²) >= 11 is 0. The van der Waals surface area contributed by atoms with Crippen LogP contribution in [0, 0.1) is 4.91 Å². The standard InChI is InChI=1S/C5H11NO4/c7-2-1-4(6-10)5(9)3-8/h4-5,7-9H,1-3H2. The molecule has 0 saturated heterocycles. The monoisotopic (exact) mass is 149 g/mol. The van der Waals surface area contributed by atoms with Crippen molar-refractivity contribution in [3.63, 3.8) is 0 Å². The first kappa shape index (κ1) is 9.48. The highest BCUT2D eigenvalue weighted by Gasteiger charge is 2.17. The van der Waals surface area contributed by atoms with Crippen LogP contribution in [-0.4, -0.2) is 40.7 Å². The van der Waals surface area contributed by atoms with Gasteiger partial charge in [0.2, 0.25) is 0 Å². The Balaban J connectivity index is 3.67. The Bertz CT molecular complexity index is 97.6. The lowest BCUT2D eigenvalue weighted by Gasteiger charge is -2.11. The Morgan fingerprint density at radius 3 is 2.30 bits per heavy atom. The third-order valence-corrected chi connectivity index (χ3v) is 1.19. The summed E-state index contributed by atoms with van der Waals surface area (Å²) in [5.41, 5.74) is 0. The van der Waals surface area contributed by atoms with E-state index in [1.165, 1.54) is 0 Å². The van der Waals surface area contributed by atoms with Crippen molar-refractivity contribution in [3.05, 3.63) is 4.91 Å². The number of rotatable bonds is 5. The van der Waals surface area contributed by atoms with E-state index >= 15 is 0 Å². The van der Waals surface area contributed by atoms with Crippen molar-refractivity contribution in [3.8, 4) is 0 Å². The maximum atomic E-state index is 9.86. The summed E-state index contributed by atoms with van der Waals surface area (Å²) in [5.74, 6) is 0. The quantitative estimate of drug-likeness (QED) is 0.431. The van der Waals surface area contributed by atoms with E-state index in [2.05, 4.69) is 5.18 Å². The molecule has 0 radical (unpaired) electrons. The van der Waals surface area contributed by atoms with E-state index in [1.54, 1.807) is 0 Å². The second-order valence-electron chi connectivity index (χ2n) is 1.93. The van der Waals surface area contributed by atoms with Crippen molar-refractivity contribution in [2.45, 2.75) is 18.6 Å². The van der Waals surface area contributed by atoms with Crippen molar-refractivity contribution < 1.29 is 15.3 Å². The molecule has 0 bridgehead atoms. The smallest absolute Gasteiger partial charge is 0.122 e. The topological polar surface area (TPSA) is 90.1 Å². The lowest BCUT2D eigenvalue weighted by molar-refractivity contribution is 0.0664. The Kier molecular flexibility index (Phi) is 5.00. The Morgan fingerprint density at radius 1 is 1.40 bits per heavy atom. The van der Waals surface area contributed by atoms with E-state index < -0.39 is 18.8 Å². The first-order valence-corrected chi connectivity index (χ1v) is 2.98. The zero-order chi connectivity index (χ0) is 7.98. The zero-order valence-electron chi connectivity index (χ0n) is 5.47. The van der Waals surface area contributed by atoms with E-state index in [-0.39, 0.29) is 13.0 Å². The highest BCUT2D eigenvalue weighted by atomic mass is 16.3. The summed E-state index contributed by atoms with van der Waals surface area (Å²) < 4.78 is 0. The summed E-state index contributed by atoms with van der Waals surface area (Å²) in [6.45, 7) is -0.718. The molecule has 0 aromatic rings. The van der Waals surface area contributed by atoms with Gasteiger partial charge in [-0.1, -0.05) is 5.18 Å². The third-order valence-electron chi connectivity index (χ3n) is 1.19. The second kappa shape index (κ2) is 5.28. The van der Waals surface area contributed by atoms with Gasteiger partial charge in [0, 0.05) is 6.61 Å². The Labute approximate surface area is 58.3 Å². The molecule has 0 spiro atoms. The van der Waals surface area contributed by atoms with Crippen LogP contribution in [0.2, 0.25) is 0 Å². The Morgan fingerprint density at radius 2 is 2.00 bits per heavy atom. The fourth-order valence-corrected chi connectivity index (χ4v) is 0.569. The van der Waals surface area contributed by atoms with Gasteiger partial charge in [0.15, 0.2) is 0 Å². The minimum Gasteiger partial charge on any atom is -0.396 e. The summed E-state index contributed by atoms with van der Waals surface area (Å²) in [5, 5.41) is 28.0. The first-order valence-electron chi connectivity index (χ1n) is 2.98. The molecule has 0 saturated carbocycles. The van der Waals surface area contributed by atoms with Crippen LogP contribution in [0.3, 0.4) is 0 Å². The van der Waals surface area contributed by atoms with Crippen LogP contribution >= 0.6 is 0 Å². The molecular weight excluding hydrogens is 138 g/mol. The van der Waals surface area contributed by atoms with Crippen molar-refractivity contribution in [2.24, 2.45) is 5.18 Å². The molecule has 0 fully saturated rings. The molecule has 0 aliphatic carbocycles. The average molecular weight is 149 g/mol. The predicted octanol–water partition coefficient (Wildman–Crippen LogP) is -1.14. The Hall–Kier alpha value is -0.520. The number of hydrogen-bond acceptors (Lipinski definition) is 5. The second-order valence-corrected chi connectivity index (χ2v) is 1.93. The normalized spacial score (nSPS) is 16.3. The lowest BCUT2D eigenvalue weighted by Crippen LogP contribution is -2.28. The van der Waals surface area contributed by atoms with Crippen molar-refractivity contribution in [1.29, 1.82) is 0 Å². The van der Waals surface area contributed by atoms with Gasteiger partial charge in [0.25, 0.3) is 0 Å². The van der Waals surface area contributed by atoms with Gasteiger partial charge in [0.1, 0.15) is 12.1 Å². The van der Waals surface area contributed by atoms with Crippen LogP contribution in [-0.2, 0) is 0 Å². The average Bonchev–Trinajstić information content (AvgIpc) is 1.99. The highest BCUT2D eigenvalue weighted by Crippen LogP contribution is 2.02. The van der Waals surface area contributed by atoms with Gasteiger partial charge in [-0.2, -0.15) is 4.91 Å². The number of aliphatic hydroxyl groups is 3. The maximum Gasteiger partial charge on any atom is 0.122 e. The van der Waals surface area contributed by atoms with E-state index in [0.717, 1.165) is 0 Å². The molecule has 0 aromatic carbocycles. The summed E-state index contributed by atoms with van der Waals surface area (Å²) in [7, 11) is 0. The number of nitroso groups, excluding NO2 is 1. The maximum absolute atomic E-state index is 9.86. The lowest BCUT2D eigenvalue weighted by atomic mass is 10.1. The summed E-state index contributed by atoms with van der Waals surface area (Å²) in [6.07, 6.45) is -1.06. The van der Waals surface area contributed by atoms with Crippen LogP contribution in [0.25, 0.3) is 0 Å². The largest absolute Gasteiger partial charge is 0.396 e. The van der Waals surface area contributed by atoms with Gasteiger partial charge in [-0.15, -0.1) is 0 Å². The number of hydrogen-bond donors (Lipinski definition) is 3. The minimum atomic E-state index is -1.15. The molecule has 0 rings (SSSR count). The van der Waals surface area contributed by atoms with E-state index in [1.807, 2.05) is 0 Å². The van der Waals surface area contributed by atoms with Gasteiger partial charge in [-0.3, -0.25) is 0 Å². The molecular formula is C5H11NO4. The fraction of sp³-hybridized carbons (Fsp3) is 1.00. The van der Waals surface area contributed by atoms with E-state index in [4.69, 9.17) is 15.3 Å². The third kappa shape index (κ3) is 2.86. The number of aliphatic hydroxyl groups excluding tert-OH is 3. The number of nitrogens with zero attached hydrogens (tertiary/aromatic N) is 1. The van der Waals surface area contributed by atoms with Crippen LogP contribution in [0.15, 0.2) is 5.18 Å². The SMILES string of the molecule is O=NC(CCO)C(O)CO. The molecule has 0 aromatic heterocycles. The molecule has 0 aliphatic rings. The molecule has 0 aliphatic heterocycles. The van der Waals surface area contributed by atoms with Crippen LogP contribution in [0.5, 0.6) is 0 Å². The molecule has 10 heavy (non-hydrogen) atoms. The van der Waals surface area contributed by atoms with Gasteiger partial charge < -0.3 is 15.3 Å². The van der Waals surface area contributed by atoms with Gasteiger partial charge in [-0.25, -0.2) is 0 Å².